The predicted molar refractivity (Wildman–Crippen MR) is 63.1 cm³/mol. The van der Waals surface area contributed by atoms with Crippen LogP contribution < -0.4 is 5.73 Å². The lowest BCUT2D eigenvalue weighted by molar-refractivity contribution is -0.140. The lowest BCUT2D eigenvalue weighted by atomic mass is 10.1. The minimum atomic E-state index is -4.52. The van der Waals surface area contributed by atoms with Crippen LogP contribution in [-0.2, 0) is 13.2 Å². The molecule has 7 heteroatoms. The number of nitrogens with zero attached hydrogens (tertiary/aromatic N) is 2. The van der Waals surface area contributed by atoms with Crippen LogP contribution in [-0.4, -0.2) is 9.78 Å². The van der Waals surface area contributed by atoms with Crippen molar-refractivity contribution < 1.29 is 13.2 Å². The molecule has 0 fully saturated rings. The summed E-state index contributed by atoms with van der Waals surface area (Å²) in [5, 5.41) is 3.70. The Morgan fingerprint density at radius 3 is 2.50 bits per heavy atom. The summed E-state index contributed by atoms with van der Waals surface area (Å²) in [6, 6.07) is 4.32. The van der Waals surface area contributed by atoms with E-state index in [9.17, 15) is 13.2 Å². The van der Waals surface area contributed by atoms with Crippen LogP contribution in [0.15, 0.2) is 24.4 Å². The first-order valence-electron chi connectivity index (χ1n) is 4.94. The van der Waals surface area contributed by atoms with Gasteiger partial charge in [-0.3, -0.25) is 4.68 Å². The highest BCUT2D eigenvalue weighted by molar-refractivity contribution is 6.31. The van der Waals surface area contributed by atoms with Crippen molar-refractivity contribution in [3.8, 4) is 11.1 Å². The summed E-state index contributed by atoms with van der Waals surface area (Å²) < 4.78 is 39.5. The zero-order chi connectivity index (χ0) is 13.5. The van der Waals surface area contributed by atoms with Crippen LogP contribution in [0.4, 0.5) is 18.9 Å². The van der Waals surface area contributed by atoms with Gasteiger partial charge in [-0.2, -0.15) is 18.3 Å². The van der Waals surface area contributed by atoms with Crippen LogP contribution in [0.3, 0.4) is 0 Å². The van der Waals surface area contributed by atoms with Gasteiger partial charge in [0, 0.05) is 29.5 Å². The van der Waals surface area contributed by atoms with E-state index < -0.39 is 11.9 Å². The van der Waals surface area contributed by atoms with E-state index in [4.69, 9.17) is 17.3 Å². The fourth-order valence-corrected chi connectivity index (χ4v) is 1.92. The number of benzene rings is 1. The van der Waals surface area contributed by atoms with E-state index >= 15 is 0 Å². The van der Waals surface area contributed by atoms with Crippen LogP contribution >= 0.6 is 11.6 Å². The monoisotopic (exact) mass is 275 g/mol. The summed E-state index contributed by atoms with van der Waals surface area (Å²) >= 11 is 5.78. The largest absolute Gasteiger partial charge is 0.435 e. The molecule has 2 N–H and O–H groups in total. The Balaban J connectivity index is 2.63. The zero-order valence-electron chi connectivity index (χ0n) is 9.29. The van der Waals surface area contributed by atoms with Gasteiger partial charge >= 0.3 is 6.18 Å². The van der Waals surface area contributed by atoms with Crippen LogP contribution in [0.25, 0.3) is 11.1 Å². The van der Waals surface area contributed by atoms with Crippen LogP contribution in [0, 0.1) is 0 Å². The van der Waals surface area contributed by atoms with E-state index in [1.807, 2.05) is 0 Å². The summed E-state index contributed by atoms with van der Waals surface area (Å²) in [7, 11) is 1.42. The van der Waals surface area contributed by atoms with Crippen molar-refractivity contribution in [1.82, 2.24) is 9.78 Å². The van der Waals surface area contributed by atoms with Gasteiger partial charge in [0.25, 0.3) is 0 Å². The first kappa shape index (κ1) is 12.8. The summed E-state index contributed by atoms with van der Waals surface area (Å²) in [6.45, 7) is 0. The Labute approximate surface area is 106 Å². The molecule has 0 unspecified atom stereocenters. The molecule has 3 nitrogen and oxygen atoms in total. The topological polar surface area (TPSA) is 43.8 Å². The quantitative estimate of drug-likeness (QED) is 0.811. The Hall–Kier alpha value is -1.69. The van der Waals surface area contributed by atoms with Gasteiger partial charge < -0.3 is 5.73 Å². The average Bonchev–Trinajstić information content (AvgIpc) is 2.58. The highest BCUT2D eigenvalue weighted by Gasteiger charge is 2.37. The number of hydrogen-bond acceptors (Lipinski definition) is 2. The van der Waals surface area contributed by atoms with E-state index in [0.29, 0.717) is 11.3 Å². The molecule has 96 valence electrons. The third-order valence-electron chi connectivity index (χ3n) is 2.33. The smallest absolute Gasteiger partial charge is 0.399 e. The number of alkyl halides is 3. The second kappa shape index (κ2) is 4.20. The lowest BCUT2D eigenvalue weighted by Gasteiger charge is -2.07. The van der Waals surface area contributed by atoms with E-state index in [0.717, 1.165) is 4.68 Å². The van der Waals surface area contributed by atoms with Gasteiger partial charge in [0.05, 0.1) is 0 Å². The van der Waals surface area contributed by atoms with Crippen molar-refractivity contribution in [2.45, 2.75) is 6.18 Å². The van der Waals surface area contributed by atoms with E-state index in [2.05, 4.69) is 5.10 Å². The molecular weight excluding hydrogens is 267 g/mol. The van der Waals surface area contributed by atoms with Crippen molar-refractivity contribution in [3.05, 3.63) is 35.1 Å². The second-order valence-corrected chi connectivity index (χ2v) is 4.27. The maximum absolute atomic E-state index is 12.8. The third kappa shape index (κ3) is 2.43. The average molecular weight is 276 g/mol. The number of rotatable bonds is 1. The molecule has 1 heterocycles. The van der Waals surface area contributed by atoms with Crippen molar-refractivity contribution in [2.24, 2.45) is 7.05 Å². The second-order valence-electron chi connectivity index (χ2n) is 3.84. The number of halogens is 4. The third-order valence-corrected chi connectivity index (χ3v) is 2.55. The maximum atomic E-state index is 12.8. The van der Waals surface area contributed by atoms with Crippen molar-refractivity contribution in [1.29, 1.82) is 0 Å². The molecular formula is C11H9ClF3N3. The van der Waals surface area contributed by atoms with Crippen LogP contribution in [0.2, 0.25) is 5.02 Å². The molecule has 1 aromatic heterocycles. The minimum absolute atomic E-state index is 0.0424. The van der Waals surface area contributed by atoms with Gasteiger partial charge in [0.15, 0.2) is 5.69 Å². The molecule has 2 aromatic rings. The predicted octanol–water partition coefficient (Wildman–Crippen LogP) is 3.34. The number of aryl methyl sites for hydroxylation is 1. The van der Waals surface area contributed by atoms with Crippen molar-refractivity contribution in [2.75, 3.05) is 5.73 Å². The highest BCUT2D eigenvalue weighted by Crippen LogP contribution is 2.37. The summed E-state index contributed by atoms with van der Waals surface area (Å²) in [4.78, 5) is 0. The molecule has 0 radical (unpaired) electrons. The van der Waals surface area contributed by atoms with E-state index in [1.165, 1.54) is 31.4 Å². The first-order chi connectivity index (χ1) is 8.27. The fraction of sp³-hybridized carbons (Fsp3) is 0.182. The van der Waals surface area contributed by atoms with Gasteiger partial charge in [0.2, 0.25) is 0 Å². The standard InChI is InChI=1S/C11H9ClF3N3/c1-18-5-9(10(17-18)11(13,14)15)6-2-7(12)4-8(16)3-6/h2-5H,16H2,1H3. The molecule has 0 amide bonds. The van der Waals surface area contributed by atoms with Gasteiger partial charge in [0.1, 0.15) is 0 Å². The van der Waals surface area contributed by atoms with Crippen molar-refractivity contribution >= 4 is 17.3 Å². The van der Waals surface area contributed by atoms with Gasteiger partial charge in [-0.05, 0) is 23.8 Å². The molecule has 0 aliphatic rings. The normalized spacial score (nSPS) is 11.8. The first-order valence-corrected chi connectivity index (χ1v) is 5.32. The number of nitrogens with two attached hydrogens (primary N) is 1. The molecule has 0 saturated heterocycles. The SMILES string of the molecule is Cn1cc(-c2cc(N)cc(Cl)c2)c(C(F)(F)F)n1. The lowest BCUT2D eigenvalue weighted by Crippen LogP contribution is -2.08. The Morgan fingerprint density at radius 2 is 1.94 bits per heavy atom. The molecule has 0 aliphatic heterocycles. The molecule has 0 aliphatic carbocycles. The number of anilines is 1. The maximum Gasteiger partial charge on any atom is 0.435 e. The molecule has 0 atom stereocenters. The Bertz CT molecular complexity index is 569. The zero-order valence-corrected chi connectivity index (χ0v) is 10.0. The summed E-state index contributed by atoms with van der Waals surface area (Å²) in [6.07, 6.45) is -3.23. The Kier molecular flexibility index (Phi) is 2.98. The number of hydrogen-bond donors (Lipinski definition) is 1. The summed E-state index contributed by atoms with van der Waals surface area (Å²) in [5.41, 5.74) is 5.17. The number of nitrogen functional groups attached to an aromatic ring is 1. The number of aromatic nitrogens is 2. The summed E-state index contributed by atoms with van der Waals surface area (Å²) in [5.74, 6) is 0. The van der Waals surface area contributed by atoms with Crippen LogP contribution in [0.5, 0.6) is 0 Å². The Morgan fingerprint density at radius 1 is 1.28 bits per heavy atom. The molecule has 0 spiro atoms. The molecule has 1 aromatic carbocycles. The highest BCUT2D eigenvalue weighted by atomic mass is 35.5. The molecule has 0 saturated carbocycles. The fourth-order valence-electron chi connectivity index (χ4n) is 1.68. The molecule has 0 bridgehead atoms. The minimum Gasteiger partial charge on any atom is -0.399 e. The molecule has 18 heavy (non-hydrogen) atoms. The van der Waals surface area contributed by atoms with Crippen molar-refractivity contribution in [3.63, 3.8) is 0 Å². The van der Waals surface area contributed by atoms with Crippen LogP contribution in [0.1, 0.15) is 5.69 Å². The van der Waals surface area contributed by atoms with Gasteiger partial charge in [-0.25, -0.2) is 0 Å². The van der Waals surface area contributed by atoms with E-state index in [-0.39, 0.29) is 10.6 Å². The molecule has 2 rings (SSSR count). The van der Waals surface area contributed by atoms with Gasteiger partial charge in [-0.15, -0.1) is 0 Å². The van der Waals surface area contributed by atoms with E-state index in [1.54, 1.807) is 0 Å². The van der Waals surface area contributed by atoms with Gasteiger partial charge in [-0.1, -0.05) is 11.6 Å².